The molecular weight excluding hydrogens is 415 g/mol. The van der Waals surface area contributed by atoms with E-state index in [0.29, 0.717) is 25.1 Å². The van der Waals surface area contributed by atoms with Crippen LogP contribution < -0.4 is 5.32 Å². The van der Waals surface area contributed by atoms with Gasteiger partial charge in [-0.05, 0) is 19.4 Å². The summed E-state index contributed by atoms with van der Waals surface area (Å²) in [6.07, 6.45) is 1.29. The van der Waals surface area contributed by atoms with E-state index in [-0.39, 0.29) is 16.8 Å². The molecule has 0 bridgehead atoms. The number of benzene rings is 1. The third kappa shape index (κ3) is 6.06. The Kier molecular flexibility index (Phi) is 7.09. The van der Waals surface area contributed by atoms with Crippen LogP contribution >= 0.6 is 11.8 Å². The van der Waals surface area contributed by atoms with Crippen LogP contribution in [0.25, 0.3) is 11.3 Å². The van der Waals surface area contributed by atoms with Gasteiger partial charge in [0.1, 0.15) is 5.69 Å². The molecule has 1 amide bonds. The van der Waals surface area contributed by atoms with Gasteiger partial charge in [0, 0.05) is 31.0 Å². The van der Waals surface area contributed by atoms with Crippen LogP contribution in [0.4, 0.5) is 13.2 Å². The summed E-state index contributed by atoms with van der Waals surface area (Å²) in [5, 5.41) is 2.04. The lowest BCUT2D eigenvalue weighted by atomic mass is 10.1. The van der Waals surface area contributed by atoms with Crippen molar-refractivity contribution < 1.29 is 18.0 Å². The van der Waals surface area contributed by atoms with Gasteiger partial charge in [-0.2, -0.15) is 13.2 Å². The lowest BCUT2D eigenvalue weighted by Crippen LogP contribution is -2.32. The first-order valence-electron chi connectivity index (χ1n) is 9.25. The molecule has 2 heterocycles. The minimum absolute atomic E-state index is 0.0928. The third-order valence-corrected chi connectivity index (χ3v) is 5.13. The van der Waals surface area contributed by atoms with Crippen molar-refractivity contribution in [2.75, 3.05) is 6.54 Å². The molecule has 0 spiro atoms. The van der Waals surface area contributed by atoms with Gasteiger partial charge < -0.3 is 9.88 Å². The Hall–Kier alpha value is -2.88. The van der Waals surface area contributed by atoms with Crippen LogP contribution in [0.2, 0.25) is 0 Å². The summed E-state index contributed by atoms with van der Waals surface area (Å²) in [5.41, 5.74) is -0.330. The number of rotatable bonds is 8. The van der Waals surface area contributed by atoms with Gasteiger partial charge >= 0.3 is 6.18 Å². The topological polar surface area (TPSA) is 72.7 Å². The van der Waals surface area contributed by atoms with Gasteiger partial charge in [-0.25, -0.2) is 15.0 Å². The molecule has 0 saturated carbocycles. The van der Waals surface area contributed by atoms with Crippen molar-refractivity contribution in [2.24, 2.45) is 0 Å². The van der Waals surface area contributed by atoms with E-state index in [2.05, 4.69) is 20.3 Å². The van der Waals surface area contributed by atoms with Gasteiger partial charge in [-0.15, -0.1) is 0 Å². The quantitative estimate of drug-likeness (QED) is 0.328. The van der Waals surface area contributed by atoms with E-state index >= 15 is 0 Å². The number of alkyl halides is 3. The van der Waals surface area contributed by atoms with Crippen molar-refractivity contribution in [3.05, 3.63) is 60.8 Å². The molecule has 3 rings (SSSR count). The first kappa shape index (κ1) is 21.8. The zero-order valence-electron chi connectivity index (χ0n) is 16.1. The number of hydrogen-bond donors (Lipinski definition) is 1. The Morgan fingerprint density at radius 1 is 1.23 bits per heavy atom. The fourth-order valence-electron chi connectivity index (χ4n) is 2.63. The summed E-state index contributed by atoms with van der Waals surface area (Å²) in [5.74, 6) is -0.284. The Balaban J connectivity index is 1.66. The minimum atomic E-state index is -4.61. The molecule has 0 aliphatic rings. The predicted octanol–water partition coefficient (Wildman–Crippen LogP) is 4.05. The van der Waals surface area contributed by atoms with E-state index in [1.807, 2.05) is 10.8 Å². The van der Waals surface area contributed by atoms with E-state index in [9.17, 15) is 18.0 Å². The molecule has 0 saturated heterocycles. The maximum absolute atomic E-state index is 13.3. The SMILES string of the molecule is C[C@H](Sc1nc(-c2ccccc2)cc(C(F)(F)F)n1)C(=O)NCCCn1ccnc1. The number of amides is 1. The average Bonchev–Trinajstić information content (AvgIpc) is 3.24. The number of carbonyl (C=O) groups excluding carboxylic acids is 1. The number of aromatic nitrogens is 4. The molecule has 158 valence electrons. The standard InChI is InChI=1S/C20H20F3N5OS/c1-14(18(29)25-8-5-10-28-11-9-24-13-28)30-19-26-16(15-6-3-2-4-7-15)12-17(27-19)20(21,22)23/h2-4,6-7,9,11-14H,5,8,10H2,1H3,(H,25,29)/t14-/m0/s1. The van der Waals surface area contributed by atoms with Crippen LogP contribution in [0.15, 0.2) is 60.3 Å². The van der Waals surface area contributed by atoms with Crippen LogP contribution in [0, 0.1) is 0 Å². The van der Waals surface area contributed by atoms with Gasteiger partial charge in [0.25, 0.3) is 0 Å². The summed E-state index contributed by atoms with van der Waals surface area (Å²) >= 11 is 0.897. The second kappa shape index (κ2) is 9.75. The number of carbonyl (C=O) groups is 1. The summed E-state index contributed by atoms with van der Waals surface area (Å²) < 4.78 is 41.8. The molecule has 0 radical (unpaired) electrons. The second-order valence-electron chi connectivity index (χ2n) is 6.49. The molecule has 0 fully saturated rings. The normalized spacial score (nSPS) is 12.5. The first-order valence-corrected chi connectivity index (χ1v) is 10.1. The summed E-state index contributed by atoms with van der Waals surface area (Å²) in [4.78, 5) is 24.1. The number of nitrogens with one attached hydrogen (secondary N) is 1. The Labute approximate surface area is 176 Å². The zero-order valence-corrected chi connectivity index (χ0v) is 17.0. The van der Waals surface area contributed by atoms with Crippen molar-refractivity contribution in [1.82, 2.24) is 24.8 Å². The number of nitrogens with zero attached hydrogens (tertiary/aromatic N) is 4. The maximum atomic E-state index is 13.3. The van der Waals surface area contributed by atoms with Crippen molar-refractivity contribution in [2.45, 2.75) is 36.5 Å². The fraction of sp³-hybridized carbons (Fsp3) is 0.300. The Morgan fingerprint density at radius 2 is 2.00 bits per heavy atom. The van der Waals surface area contributed by atoms with Gasteiger partial charge in [0.05, 0.1) is 17.3 Å². The molecule has 10 heteroatoms. The molecule has 0 aliphatic heterocycles. The minimum Gasteiger partial charge on any atom is -0.355 e. The smallest absolute Gasteiger partial charge is 0.355 e. The van der Waals surface area contributed by atoms with E-state index in [0.717, 1.165) is 17.8 Å². The number of thioether (sulfide) groups is 1. The van der Waals surface area contributed by atoms with Gasteiger partial charge in [0.15, 0.2) is 5.16 Å². The molecular formula is C20H20F3N5OS. The molecule has 30 heavy (non-hydrogen) atoms. The number of hydrogen-bond acceptors (Lipinski definition) is 5. The maximum Gasteiger partial charge on any atom is 0.433 e. The summed E-state index contributed by atoms with van der Waals surface area (Å²) in [6.45, 7) is 2.77. The van der Waals surface area contributed by atoms with Crippen LogP contribution in [0.1, 0.15) is 19.0 Å². The molecule has 0 aliphatic carbocycles. The summed E-state index contributed by atoms with van der Waals surface area (Å²) in [7, 11) is 0. The zero-order chi connectivity index (χ0) is 21.6. The van der Waals surface area contributed by atoms with Crippen molar-refractivity contribution in [3.63, 3.8) is 0 Å². The first-order chi connectivity index (χ1) is 14.3. The molecule has 6 nitrogen and oxygen atoms in total. The summed E-state index contributed by atoms with van der Waals surface area (Å²) in [6, 6.07) is 9.47. The van der Waals surface area contributed by atoms with Gasteiger partial charge in [-0.1, -0.05) is 42.1 Å². The molecule has 3 aromatic rings. The highest BCUT2D eigenvalue weighted by atomic mass is 32.2. The van der Waals surface area contributed by atoms with E-state index in [1.54, 1.807) is 49.8 Å². The predicted molar refractivity (Wildman–Crippen MR) is 108 cm³/mol. The van der Waals surface area contributed by atoms with Crippen LogP contribution in [-0.2, 0) is 17.5 Å². The lowest BCUT2D eigenvalue weighted by Gasteiger charge is -2.14. The lowest BCUT2D eigenvalue weighted by molar-refractivity contribution is -0.141. The third-order valence-electron chi connectivity index (χ3n) is 4.17. The largest absolute Gasteiger partial charge is 0.433 e. The average molecular weight is 435 g/mol. The highest BCUT2D eigenvalue weighted by Crippen LogP contribution is 2.32. The Morgan fingerprint density at radius 3 is 2.67 bits per heavy atom. The Bertz CT molecular complexity index is 964. The van der Waals surface area contributed by atoms with E-state index in [1.165, 1.54) is 0 Å². The fourth-order valence-corrected chi connectivity index (χ4v) is 3.44. The monoisotopic (exact) mass is 435 g/mol. The molecule has 1 aromatic carbocycles. The van der Waals surface area contributed by atoms with E-state index < -0.39 is 17.1 Å². The van der Waals surface area contributed by atoms with Crippen LogP contribution in [-0.4, -0.2) is 37.2 Å². The molecule has 2 aromatic heterocycles. The molecule has 1 atom stereocenters. The van der Waals surface area contributed by atoms with Crippen LogP contribution in [0.3, 0.4) is 0 Å². The second-order valence-corrected chi connectivity index (χ2v) is 7.80. The van der Waals surface area contributed by atoms with Crippen LogP contribution in [0.5, 0.6) is 0 Å². The van der Waals surface area contributed by atoms with Crippen molar-refractivity contribution >= 4 is 17.7 Å². The number of aryl methyl sites for hydroxylation is 1. The van der Waals surface area contributed by atoms with E-state index in [4.69, 9.17) is 0 Å². The highest BCUT2D eigenvalue weighted by Gasteiger charge is 2.34. The van der Waals surface area contributed by atoms with Crippen molar-refractivity contribution in [3.8, 4) is 11.3 Å². The van der Waals surface area contributed by atoms with Crippen molar-refractivity contribution in [1.29, 1.82) is 0 Å². The van der Waals surface area contributed by atoms with Gasteiger partial charge in [-0.3, -0.25) is 4.79 Å². The molecule has 1 N–H and O–H groups in total. The highest BCUT2D eigenvalue weighted by molar-refractivity contribution is 8.00. The number of imidazole rings is 1. The number of halogens is 3. The van der Waals surface area contributed by atoms with Gasteiger partial charge in [0.2, 0.25) is 5.91 Å². The molecule has 0 unspecified atom stereocenters.